The van der Waals surface area contributed by atoms with Crippen LogP contribution in [0.4, 0.5) is 0 Å². The predicted molar refractivity (Wildman–Crippen MR) is 98.9 cm³/mol. The lowest BCUT2D eigenvalue weighted by Gasteiger charge is -2.23. The third-order valence-corrected chi connectivity index (χ3v) is 5.59. The standard InChI is InChI=1S/C20H24N4O2/c1-11-7-8-12(2)19-18(11)15(13(3)21-19)10-17(25)24-9-5-6-16(24)20-14(4)22-26-23-20/h7-8,16,21H,5-6,9-10H2,1-4H3. The SMILES string of the molecule is Cc1nonc1C1CCCN1C(=O)Cc1c(C)[nH]c2c(C)ccc(C)c12. The number of nitrogens with zero attached hydrogens (tertiary/aromatic N) is 3. The highest BCUT2D eigenvalue weighted by atomic mass is 16.6. The summed E-state index contributed by atoms with van der Waals surface area (Å²) < 4.78 is 4.85. The minimum atomic E-state index is -0.0258. The molecule has 3 heterocycles. The molecule has 2 aromatic heterocycles. The highest BCUT2D eigenvalue weighted by molar-refractivity contribution is 5.94. The van der Waals surface area contributed by atoms with Crippen LogP contribution in [0.15, 0.2) is 16.8 Å². The molecule has 0 aliphatic carbocycles. The summed E-state index contributed by atoms with van der Waals surface area (Å²) in [6.45, 7) is 8.89. The molecule has 3 aromatic rings. The lowest BCUT2D eigenvalue weighted by molar-refractivity contribution is -0.131. The molecule has 1 unspecified atom stereocenters. The number of hydrogen-bond acceptors (Lipinski definition) is 4. The molecular formula is C20H24N4O2. The third kappa shape index (κ3) is 2.60. The van der Waals surface area contributed by atoms with Crippen molar-refractivity contribution in [2.75, 3.05) is 6.54 Å². The molecule has 6 heteroatoms. The molecule has 1 amide bonds. The van der Waals surface area contributed by atoms with Gasteiger partial charge >= 0.3 is 0 Å². The number of carbonyl (C=O) groups excluding carboxylic acids is 1. The van der Waals surface area contributed by atoms with E-state index in [4.69, 9.17) is 4.63 Å². The molecule has 1 N–H and O–H groups in total. The molecule has 136 valence electrons. The van der Waals surface area contributed by atoms with Gasteiger partial charge in [-0.3, -0.25) is 4.79 Å². The zero-order valence-electron chi connectivity index (χ0n) is 15.7. The van der Waals surface area contributed by atoms with Crippen LogP contribution in [0.25, 0.3) is 10.9 Å². The summed E-state index contributed by atoms with van der Waals surface area (Å²) in [5.41, 5.74) is 7.28. The third-order valence-electron chi connectivity index (χ3n) is 5.59. The van der Waals surface area contributed by atoms with Crippen LogP contribution in [0, 0.1) is 27.7 Å². The number of nitrogens with one attached hydrogen (secondary N) is 1. The lowest BCUT2D eigenvalue weighted by atomic mass is 10.0. The van der Waals surface area contributed by atoms with E-state index in [1.807, 2.05) is 11.8 Å². The monoisotopic (exact) mass is 352 g/mol. The molecule has 1 fully saturated rings. The second-order valence-corrected chi connectivity index (χ2v) is 7.33. The molecule has 0 saturated carbocycles. The van der Waals surface area contributed by atoms with E-state index in [0.717, 1.165) is 47.5 Å². The molecule has 26 heavy (non-hydrogen) atoms. The fraction of sp³-hybridized carbons (Fsp3) is 0.450. The van der Waals surface area contributed by atoms with E-state index in [1.54, 1.807) is 0 Å². The topological polar surface area (TPSA) is 75.0 Å². The molecule has 0 spiro atoms. The summed E-state index contributed by atoms with van der Waals surface area (Å²) in [4.78, 5) is 18.6. The Labute approximate surface area is 152 Å². The lowest BCUT2D eigenvalue weighted by Crippen LogP contribution is -2.32. The first-order valence-corrected chi connectivity index (χ1v) is 9.13. The van der Waals surface area contributed by atoms with Crippen LogP contribution >= 0.6 is 0 Å². The molecule has 1 atom stereocenters. The summed E-state index contributed by atoms with van der Waals surface area (Å²) in [5.74, 6) is 0.139. The van der Waals surface area contributed by atoms with Gasteiger partial charge in [-0.05, 0) is 57.2 Å². The first-order valence-electron chi connectivity index (χ1n) is 9.13. The maximum Gasteiger partial charge on any atom is 0.227 e. The number of fused-ring (bicyclic) bond motifs is 1. The van der Waals surface area contributed by atoms with Gasteiger partial charge in [0.05, 0.1) is 12.5 Å². The fourth-order valence-corrected chi connectivity index (χ4v) is 4.18. The summed E-state index contributed by atoms with van der Waals surface area (Å²) >= 11 is 0. The van der Waals surface area contributed by atoms with Gasteiger partial charge in [-0.25, -0.2) is 4.63 Å². The van der Waals surface area contributed by atoms with Crippen molar-refractivity contribution in [3.63, 3.8) is 0 Å². The number of H-pyrrole nitrogens is 1. The number of carbonyl (C=O) groups is 1. The largest absolute Gasteiger partial charge is 0.358 e. The molecule has 0 radical (unpaired) electrons. The normalized spacial score (nSPS) is 17.4. The highest BCUT2D eigenvalue weighted by Gasteiger charge is 2.34. The van der Waals surface area contributed by atoms with E-state index in [1.165, 1.54) is 16.5 Å². The Morgan fingerprint density at radius 2 is 2.00 bits per heavy atom. The maximum atomic E-state index is 13.2. The van der Waals surface area contributed by atoms with Gasteiger partial charge in [-0.1, -0.05) is 22.4 Å². The van der Waals surface area contributed by atoms with Crippen molar-refractivity contribution in [3.8, 4) is 0 Å². The minimum absolute atomic E-state index is 0.0258. The van der Waals surface area contributed by atoms with Crippen molar-refractivity contribution >= 4 is 16.8 Å². The van der Waals surface area contributed by atoms with Gasteiger partial charge in [0.1, 0.15) is 11.4 Å². The molecule has 6 nitrogen and oxygen atoms in total. The van der Waals surface area contributed by atoms with E-state index >= 15 is 0 Å². The summed E-state index contributed by atoms with van der Waals surface area (Å²) in [6, 6.07) is 4.22. The van der Waals surface area contributed by atoms with Crippen molar-refractivity contribution in [1.82, 2.24) is 20.2 Å². The Balaban J connectivity index is 1.67. The van der Waals surface area contributed by atoms with Crippen LogP contribution in [-0.2, 0) is 11.2 Å². The van der Waals surface area contributed by atoms with Crippen LogP contribution in [0.3, 0.4) is 0 Å². The van der Waals surface area contributed by atoms with Gasteiger partial charge in [-0.2, -0.15) is 0 Å². The van der Waals surface area contributed by atoms with Gasteiger partial charge in [0, 0.05) is 23.1 Å². The molecule has 1 aliphatic rings. The first-order chi connectivity index (χ1) is 12.5. The number of amides is 1. The van der Waals surface area contributed by atoms with Gasteiger partial charge in [-0.15, -0.1) is 0 Å². The van der Waals surface area contributed by atoms with Crippen molar-refractivity contribution in [1.29, 1.82) is 0 Å². The molecule has 1 aliphatic heterocycles. The second kappa shape index (κ2) is 6.27. The Hall–Kier alpha value is -2.63. The average molecular weight is 352 g/mol. The van der Waals surface area contributed by atoms with E-state index < -0.39 is 0 Å². The molecular weight excluding hydrogens is 328 g/mol. The number of aromatic amines is 1. The van der Waals surface area contributed by atoms with Gasteiger partial charge < -0.3 is 9.88 Å². The van der Waals surface area contributed by atoms with Gasteiger partial charge in [0.15, 0.2) is 0 Å². The molecule has 4 rings (SSSR count). The predicted octanol–water partition coefficient (Wildman–Crippen LogP) is 3.69. The second-order valence-electron chi connectivity index (χ2n) is 7.33. The van der Waals surface area contributed by atoms with Crippen molar-refractivity contribution in [2.45, 2.75) is 53.0 Å². The Kier molecular flexibility index (Phi) is 4.05. The molecule has 0 bridgehead atoms. The van der Waals surface area contributed by atoms with Crippen molar-refractivity contribution in [2.24, 2.45) is 0 Å². The Bertz CT molecular complexity index is 985. The number of likely N-dealkylation sites (tertiary alicyclic amines) is 1. The van der Waals surface area contributed by atoms with E-state index in [9.17, 15) is 4.79 Å². The maximum absolute atomic E-state index is 13.2. The molecule has 1 aromatic carbocycles. The number of benzene rings is 1. The number of aromatic nitrogens is 3. The quantitative estimate of drug-likeness (QED) is 0.780. The van der Waals surface area contributed by atoms with Crippen LogP contribution in [-0.4, -0.2) is 32.6 Å². The van der Waals surface area contributed by atoms with E-state index in [2.05, 4.69) is 48.2 Å². The number of aryl methyl sites for hydroxylation is 4. The van der Waals surface area contributed by atoms with Crippen molar-refractivity contribution < 1.29 is 9.42 Å². The summed E-state index contributed by atoms with van der Waals surface area (Å²) in [7, 11) is 0. The number of rotatable bonds is 3. The van der Waals surface area contributed by atoms with Crippen molar-refractivity contribution in [3.05, 3.63) is 45.9 Å². The van der Waals surface area contributed by atoms with Gasteiger partial charge in [0.2, 0.25) is 5.91 Å². The van der Waals surface area contributed by atoms with E-state index in [-0.39, 0.29) is 11.9 Å². The highest BCUT2D eigenvalue weighted by Crippen LogP contribution is 2.34. The number of hydrogen-bond donors (Lipinski definition) is 1. The zero-order valence-corrected chi connectivity index (χ0v) is 15.7. The van der Waals surface area contributed by atoms with Gasteiger partial charge in [0.25, 0.3) is 0 Å². The Morgan fingerprint density at radius 1 is 1.23 bits per heavy atom. The van der Waals surface area contributed by atoms with Crippen LogP contribution in [0.2, 0.25) is 0 Å². The Morgan fingerprint density at radius 3 is 2.73 bits per heavy atom. The minimum Gasteiger partial charge on any atom is -0.358 e. The summed E-state index contributed by atoms with van der Waals surface area (Å²) in [6.07, 6.45) is 2.29. The average Bonchev–Trinajstić information content (AvgIpc) is 3.31. The van der Waals surface area contributed by atoms with Crippen LogP contribution in [0.5, 0.6) is 0 Å². The first kappa shape index (κ1) is 16.8. The zero-order chi connectivity index (χ0) is 18.4. The van der Waals surface area contributed by atoms with Crippen LogP contribution in [0.1, 0.15) is 52.7 Å². The van der Waals surface area contributed by atoms with E-state index in [0.29, 0.717) is 6.42 Å². The summed E-state index contributed by atoms with van der Waals surface area (Å²) in [5, 5.41) is 9.10. The molecule has 1 saturated heterocycles. The fourth-order valence-electron chi connectivity index (χ4n) is 4.18. The smallest absolute Gasteiger partial charge is 0.227 e. The van der Waals surface area contributed by atoms with Crippen LogP contribution < -0.4 is 0 Å².